The van der Waals surface area contributed by atoms with E-state index in [0.29, 0.717) is 55.3 Å². The van der Waals surface area contributed by atoms with E-state index < -0.39 is 0 Å². The molecule has 168 valence electrons. The van der Waals surface area contributed by atoms with Gasteiger partial charge >= 0.3 is 0 Å². The summed E-state index contributed by atoms with van der Waals surface area (Å²) >= 11 is 0. The van der Waals surface area contributed by atoms with E-state index in [1.807, 2.05) is 17.7 Å². The third kappa shape index (κ3) is 3.66. The van der Waals surface area contributed by atoms with E-state index in [9.17, 15) is 5.26 Å². The van der Waals surface area contributed by atoms with Crippen molar-refractivity contribution in [2.24, 2.45) is 13.0 Å². The minimum absolute atomic E-state index is 0.0514. The Morgan fingerprint density at radius 3 is 2.78 bits per heavy atom. The van der Waals surface area contributed by atoms with Crippen molar-refractivity contribution < 1.29 is 18.9 Å². The van der Waals surface area contributed by atoms with Gasteiger partial charge in [-0.25, -0.2) is 4.98 Å². The molecule has 5 heterocycles. The number of rotatable bonds is 6. The lowest BCUT2D eigenvalue weighted by atomic mass is 10.1. The zero-order valence-corrected chi connectivity index (χ0v) is 18.2. The molecule has 0 saturated carbocycles. The SMILES string of the molecule is CO[C@@H]1COC[C@H]1Oc1nn(C)cc1Nc1ncc2cc(C#N)n([C@H]3COC[C@@H]3C)c2n1. The van der Waals surface area contributed by atoms with E-state index in [4.69, 9.17) is 23.9 Å². The first-order valence-electron chi connectivity index (χ1n) is 10.5. The predicted octanol–water partition coefficient (Wildman–Crippen LogP) is 1.78. The Bertz CT molecular complexity index is 1170. The van der Waals surface area contributed by atoms with E-state index >= 15 is 0 Å². The Morgan fingerprint density at radius 1 is 1.22 bits per heavy atom. The van der Waals surface area contributed by atoms with Gasteiger partial charge in [-0.3, -0.25) is 4.68 Å². The topological polar surface area (TPSA) is 121 Å². The monoisotopic (exact) mass is 439 g/mol. The minimum atomic E-state index is -0.252. The molecule has 2 aliphatic heterocycles. The van der Waals surface area contributed by atoms with Crippen LogP contribution in [0.1, 0.15) is 18.7 Å². The summed E-state index contributed by atoms with van der Waals surface area (Å²) in [5.41, 5.74) is 1.87. The highest BCUT2D eigenvalue weighted by molar-refractivity contribution is 5.79. The number of nitrogens with zero attached hydrogens (tertiary/aromatic N) is 6. The van der Waals surface area contributed by atoms with Crippen LogP contribution >= 0.6 is 0 Å². The maximum absolute atomic E-state index is 9.66. The quantitative estimate of drug-likeness (QED) is 0.612. The van der Waals surface area contributed by atoms with Crippen LogP contribution in [0.2, 0.25) is 0 Å². The Labute approximate surface area is 184 Å². The molecule has 2 aliphatic rings. The van der Waals surface area contributed by atoms with Gasteiger partial charge in [-0.15, -0.1) is 5.10 Å². The van der Waals surface area contributed by atoms with Gasteiger partial charge in [0.1, 0.15) is 29.2 Å². The molecule has 0 unspecified atom stereocenters. The predicted molar refractivity (Wildman–Crippen MR) is 114 cm³/mol. The number of aromatic nitrogens is 5. The number of anilines is 2. The van der Waals surface area contributed by atoms with E-state index in [2.05, 4.69) is 28.4 Å². The summed E-state index contributed by atoms with van der Waals surface area (Å²) in [6.45, 7) is 4.25. The van der Waals surface area contributed by atoms with Gasteiger partial charge < -0.3 is 28.8 Å². The summed E-state index contributed by atoms with van der Waals surface area (Å²) in [5.74, 6) is 1.08. The zero-order valence-electron chi connectivity index (χ0n) is 18.2. The second kappa shape index (κ2) is 8.38. The number of methoxy groups -OCH3 is 1. The Balaban J connectivity index is 1.46. The summed E-state index contributed by atoms with van der Waals surface area (Å²) in [7, 11) is 3.45. The largest absolute Gasteiger partial charge is 0.466 e. The molecule has 0 amide bonds. The van der Waals surface area contributed by atoms with Gasteiger partial charge in [0.05, 0.1) is 38.7 Å². The van der Waals surface area contributed by atoms with Crippen LogP contribution in [0.15, 0.2) is 18.5 Å². The van der Waals surface area contributed by atoms with Gasteiger partial charge in [-0.2, -0.15) is 10.2 Å². The summed E-state index contributed by atoms with van der Waals surface area (Å²) in [6, 6.07) is 4.14. The fourth-order valence-corrected chi connectivity index (χ4v) is 4.22. The molecule has 3 aromatic rings. The highest BCUT2D eigenvalue weighted by Gasteiger charge is 2.32. The Morgan fingerprint density at radius 2 is 2.03 bits per heavy atom. The third-order valence-electron chi connectivity index (χ3n) is 5.93. The average Bonchev–Trinajstić information content (AvgIpc) is 3.55. The maximum Gasteiger partial charge on any atom is 0.257 e. The first kappa shape index (κ1) is 20.7. The van der Waals surface area contributed by atoms with Crippen LogP contribution in [0.3, 0.4) is 0 Å². The summed E-state index contributed by atoms with van der Waals surface area (Å²) < 4.78 is 26.2. The Hall–Kier alpha value is -3.20. The zero-order chi connectivity index (χ0) is 22.2. The van der Waals surface area contributed by atoms with E-state index in [1.165, 1.54) is 0 Å². The van der Waals surface area contributed by atoms with Crippen LogP contribution in [0.4, 0.5) is 11.6 Å². The second-order valence-electron chi connectivity index (χ2n) is 8.18. The van der Waals surface area contributed by atoms with Gasteiger partial charge in [0, 0.05) is 31.7 Å². The molecule has 0 spiro atoms. The van der Waals surface area contributed by atoms with Crippen molar-refractivity contribution >= 4 is 22.7 Å². The molecule has 1 N–H and O–H groups in total. The second-order valence-corrected chi connectivity index (χ2v) is 8.18. The van der Waals surface area contributed by atoms with Crippen molar-refractivity contribution in [2.45, 2.75) is 25.2 Å². The molecule has 0 radical (unpaired) electrons. The van der Waals surface area contributed by atoms with Gasteiger partial charge in [0.2, 0.25) is 5.95 Å². The molecule has 32 heavy (non-hydrogen) atoms. The van der Waals surface area contributed by atoms with Crippen LogP contribution in [0.5, 0.6) is 5.88 Å². The maximum atomic E-state index is 9.66. The normalized spacial score (nSPS) is 25.3. The lowest BCUT2D eigenvalue weighted by Crippen LogP contribution is -2.31. The smallest absolute Gasteiger partial charge is 0.257 e. The first-order valence-corrected chi connectivity index (χ1v) is 10.5. The molecule has 0 aliphatic carbocycles. The van der Waals surface area contributed by atoms with Crippen LogP contribution in [0.25, 0.3) is 11.0 Å². The van der Waals surface area contributed by atoms with E-state index in [1.54, 1.807) is 24.2 Å². The van der Waals surface area contributed by atoms with Crippen molar-refractivity contribution in [1.82, 2.24) is 24.3 Å². The van der Waals surface area contributed by atoms with Crippen LogP contribution in [-0.4, -0.2) is 70.1 Å². The molecule has 0 aromatic carbocycles. The number of hydrogen-bond acceptors (Lipinski definition) is 9. The third-order valence-corrected chi connectivity index (χ3v) is 5.93. The standard InChI is InChI=1S/C21H25N7O4/c1-12-8-30-9-16(12)28-14(5-22)4-13-6-23-21(25-19(13)28)24-15-7-27(2)26-20(15)32-18-11-31-10-17(18)29-3/h4,6-7,12,16-18H,8-11H2,1-3H3,(H,23,24,25)/t12-,16-,17+,18+/m0/s1. The molecule has 5 rings (SSSR count). The number of ether oxygens (including phenoxy) is 4. The molecule has 3 aromatic heterocycles. The van der Waals surface area contributed by atoms with Crippen LogP contribution in [-0.2, 0) is 21.3 Å². The van der Waals surface area contributed by atoms with Crippen molar-refractivity contribution in [3.05, 3.63) is 24.2 Å². The lowest BCUT2D eigenvalue weighted by Gasteiger charge is -2.18. The van der Waals surface area contributed by atoms with Crippen molar-refractivity contribution in [1.29, 1.82) is 5.26 Å². The molecule has 2 fully saturated rings. The molecule has 4 atom stereocenters. The summed E-state index contributed by atoms with van der Waals surface area (Å²) in [6.07, 6.45) is 3.11. The molecular weight excluding hydrogens is 414 g/mol. The van der Waals surface area contributed by atoms with Crippen LogP contribution in [0, 0.1) is 17.2 Å². The van der Waals surface area contributed by atoms with E-state index in [0.717, 1.165) is 5.39 Å². The minimum Gasteiger partial charge on any atom is -0.466 e. The number of aryl methyl sites for hydroxylation is 1. The molecular formula is C21H25N7O4. The first-order chi connectivity index (χ1) is 15.6. The van der Waals surface area contributed by atoms with Crippen molar-refractivity contribution in [3.8, 4) is 11.9 Å². The fourth-order valence-electron chi connectivity index (χ4n) is 4.22. The number of nitrogens with one attached hydrogen (secondary N) is 1. The molecule has 11 heteroatoms. The molecule has 0 bridgehead atoms. The lowest BCUT2D eigenvalue weighted by molar-refractivity contribution is 0.0308. The number of hydrogen-bond donors (Lipinski definition) is 1. The number of nitriles is 1. The Kier molecular flexibility index (Phi) is 5.42. The van der Waals surface area contributed by atoms with Crippen molar-refractivity contribution in [3.63, 3.8) is 0 Å². The van der Waals surface area contributed by atoms with E-state index in [-0.39, 0.29) is 24.2 Å². The summed E-state index contributed by atoms with van der Waals surface area (Å²) in [5, 5.41) is 18.1. The van der Waals surface area contributed by atoms with Gasteiger partial charge in [-0.1, -0.05) is 6.92 Å². The molecule has 11 nitrogen and oxygen atoms in total. The number of fused-ring (bicyclic) bond motifs is 1. The van der Waals surface area contributed by atoms with Gasteiger partial charge in [-0.05, 0) is 6.07 Å². The summed E-state index contributed by atoms with van der Waals surface area (Å²) in [4.78, 5) is 9.16. The highest BCUT2D eigenvalue weighted by atomic mass is 16.6. The van der Waals surface area contributed by atoms with Gasteiger partial charge in [0.15, 0.2) is 6.10 Å². The fraction of sp³-hybridized carbons (Fsp3) is 0.524. The average molecular weight is 439 g/mol. The van der Waals surface area contributed by atoms with Crippen molar-refractivity contribution in [2.75, 3.05) is 38.9 Å². The molecule has 2 saturated heterocycles. The van der Waals surface area contributed by atoms with Gasteiger partial charge in [0.25, 0.3) is 5.88 Å². The van der Waals surface area contributed by atoms with Crippen LogP contribution < -0.4 is 10.1 Å². The highest BCUT2D eigenvalue weighted by Crippen LogP contribution is 2.32.